The number of para-hydroxylation sites is 1. The molecule has 0 atom stereocenters. The molecule has 0 saturated heterocycles. The first-order chi connectivity index (χ1) is 8.88. The van der Waals surface area contributed by atoms with Gasteiger partial charge in [-0.3, -0.25) is 9.59 Å². The van der Waals surface area contributed by atoms with Gasteiger partial charge in [0.05, 0.1) is 11.0 Å². The van der Waals surface area contributed by atoms with Gasteiger partial charge in [-0.2, -0.15) is 0 Å². The lowest BCUT2D eigenvalue weighted by atomic mass is 9.92. The maximum atomic E-state index is 12.1. The van der Waals surface area contributed by atoms with E-state index in [1.165, 1.54) is 0 Å². The second-order valence-corrected chi connectivity index (χ2v) is 5.01. The summed E-state index contributed by atoms with van der Waals surface area (Å²) in [5, 5.41) is 5.86. The van der Waals surface area contributed by atoms with E-state index >= 15 is 0 Å². The third-order valence-electron chi connectivity index (χ3n) is 2.90. The van der Waals surface area contributed by atoms with Crippen molar-refractivity contribution in [3.8, 4) is 0 Å². The highest BCUT2D eigenvalue weighted by Gasteiger charge is 2.25. The van der Waals surface area contributed by atoms with Crippen LogP contribution in [-0.2, 0) is 4.79 Å². The molecule has 2 amide bonds. The van der Waals surface area contributed by atoms with Crippen LogP contribution in [-0.4, -0.2) is 24.9 Å². The van der Waals surface area contributed by atoms with Gasteiger partial charge in [0.2, 0.25) is 5.91 Å². The quantitative estimate of drug-likeness (QED) is 0.724. The van der Waals surface area contributed by atoms with Crippen molar-refractivity contribution in [3.63, 3.8) is 0 Å². The molecular formula is C14H21N3O2. The maximum Gasteiger partial charge on any atom is 0.253 e. The number of nitrogens with one attached hydrogen (secondary N) is 2. The molecule has 5 heteroatoms. The summed E-state index contributed by atoms with van der Waals surface area (Å²) in [6.07, 6.45) is 0. The molecule has 0 aromatic heterocycles. The molecule has 1 rings (SSSR count). The van der Waals surface area contributed by atoms with Gasteiger partial charge in [0.1, 0.15) is 0 Å². The summed E-state index contributed by atoms with van der Waals surface area (Å²) >= 11 is 0. The van der Waals surface area contributed by atoms with Crippen LogP contribution in [0.5, 0.6) is 0 Å². The molecule has 0 saturated carbocycles. The van der Waals surface area contributed by atoms with Gasteiger partial charge in [0.25, 0.3) is 5.91 Å². The number of amides is 2. The minimum absolute atomic E-state index is 0.210. The molecule has 0 bridgehead atoms. The lowest BCUT2D eigenvalue weighted by molar-refractivity contribution is -0.125. The van der Waals surface area contributed by atoms with Crippen LogP contribution in [0.15, 0.2) is 24.3 Å². The molecule has 0 aliphatic carbocycles. The van der Waals surface area contributed by atoms with Gasteiger partial charge in [-0.25, -0.2) is 0 Å². The average molecular weight is 263 g/mol. The number of benzene rings is 1. The molecule has 1 aromatic carbocycles. The zero-order valence-corrected chi connectivity index (χ0v) is 11.6. The highest BCUT2D eigenvalue weighted by Crippen LogP contribution is 2.16. The summed E-state index contributed by atoms with van der Waals surface area (Å²) in [6.45, 7) is 6.31. The van der Waals surface area contributed by atoms with Crippen LogP contribution < -0.4 is 16.4 Å². The Labute approximate surface area is 113 Å². The Morgan fingerprint density at radius 3 is 2.47 bits per heavy atom. The lowest BCUT2D eigenvalue weighted by Gasteiger charge is -2.21. The van der Waals surface area contributed by atoms with Crippen molar-refractivity contribution < 1.29 is 9.59 Å². The first-order valence-electron chi connectivity index (χ1n) is 6.29. The fourth-order valence-electron chi connectivity index (χ4n) is 1.51. The number of carbonyl (C=O) groups is 2. The van der Waals surface area contributed by atoms with Gasteiger partial charge in [0.15, 0.2) is 0 Å². The molecule has 19 heavy (non-hydrogen) atoms. The predicted molar refractivity (Wildman–Crippen MR) is 75.9 cm³/mol. The highest BCUT2D eigenvalue weighted by atomic mass is 16.2. The molecule has 0 aliphatic heterocycles. The van der Waals surface area contributed by atoms with Gasteiger partial charge >= 0.3 is 0 Å². The van der Waals surface area contributed by atoms with Crippen molar-refractivity contribution in [2.75, 3.05) is 18.4 Å². The number of hydrogen-bond acceptors (Lipinski definition) is 3. The first-order valence-corrected chi connectivity index (χ1v) is 6.29. The summed E-state index contributed by atoms with van der Waals surface area (Å²) in [5.41, 5.74) is 5.85. The Morgan fingerprint density at radius 2 is 1.89 bits per heavy atom. The van der Waals surface area contributed by atoms with Gasteiger partial charge in [-0.1, -0.05) is 12.1 Å². The topological polar surface area (TPSA) is 84.2 Å². The summed E-state index contributed by atoms with van der Waals surface area (Å²) in [5.74, 6) is -0.654. The standard InChI is InChI=1S/C14H21N3O2/c1-4-16-11-8-6-5-7-10(11)12(18)17-9-14(2,3)13(15)19/h5-8,16H,4,9H2,1-3H3,(H2,15,19)(H,17,18). The van der Waals surface area contributed by atoms with E-state index in [0.717, 1.165) is 12.2 Å². The van der Waals surface area contributed by atoms with E-state index in [1.807, 2.05) is 19.1 Å². The van der Waals surface area contributed by atoms with Crippen molar-refractivity contribution in [2.45, 2.75) is 20.8 Å². The van der Waals surface area contributed by atoms with Crippen molar-refractivity contribution >= 4 is 17.5 Å². The minimum atomic E-state index is -0.761. The molecule has 0 aliphatic rings. The minimum Gasteiger partial charge on any atom is -0.385 e. The van der Waals surface area contributed by atoms with Gasteiger partial charge < -0.3 is 16.4 Å². The van der Waals surface area contributed by atoms with Crippen LogP contribution in [0.3, 0.4) is 0 Å². The smallest absolute Gasteiger partial charge is 0.253 e. The number of primary amides is 1. The van der Waals surface area contributed by atoms with Crippen molar-refractivity contribution in [1.29, 1.82) is 0 Å². The third-order valence-corrected chi connectivity index (χ3v) is 2.90. The molecular weight excluding hydrogens is 242 g/mol. The van der Waals surface area contributed by atoms with E-state index in [-0.39, 0.29) is 12.5 Å². The molecule has 0 spiro atoms. The fourth-order valence-corrected chi connectivity index (χ4v) is 1.51. The van der Waals surface area contributed by atoms with Crippen LogP contribution in [0.1, 0.15) is 31.1 Å². The predicted octanol–water partition coefficient (Wildman–Crippen LogP) is 1.36. The largest absolute Gasteiger partial charge is 0.385 e. The Bertz CT molecular complexity index is 470. The molecule has 0 heterocycles. The molecule has 104 valence electrons. The molecule has 1 aromatic rings. The van der Waals surface area contributed by atoms with Gasteiger partial charge in [-0.05, 0) is 32.9 Å². The number of anilines is 1. The Hall–Kier alpha value is -2.04. The highest BCUT2D eigenvalue weighted by molar-refractivity contribution is 5.99. The zero-order valence-electron chi connectivity index (χ0n) is 11.6. The number of nitrogens with two attached hydrogens (primary N) is 1. The van der Waals surface area contributed by atoms with Crippen molar-refractivity contribution in [1.82, 2.24) is 5.32 Å². The van der Waals surface area contributed by atoms with Crippen molar-refractivity contribution in [2.24, 2.45) is 11.1 Å². The third kappa shape index (κ3) is 3.98. The van der Waals surface area contributed by atoms with Crippen LogP contribution in [0.4, 0.5) is 5.69 Å². The first kappa shape index (κ1) is 15.0. The van der Waals surface area contributed by atoms with E-state index in [0.29, 0.717) is 5.56 Å². The van der Waals surface area contributed by atoms with Crippen LogP contribution in [0.25, 0.3) is 0 Å². The van der Waals surface area contributed by atoms with E-state index < -0.39 is 11.3 Å². The Kier molecular flexibility index (Phi) is 4.92. The molecule has 4 N–H and O–H groups in total. The summed E-state index contributed by atoms with van der Waals surface area (Å²) in [6, 6.07) is 7.25. The zero-order chi connectivity index (χ0) is 14.5. The van der Waals surface area contributed by atoms with E-state index in [2.05, 4.69) is 10.6 Å². The Balaban J connectivity index is 2.76. The van der Waals surface area contributed by atoms with E-state index in [4.69, 9.17) is 5.73 Å². The number of rotatable bonds is 6. The molecule has 0 unspecified atom stereocenters. The van der Waals surface area contributed by atoms with E-state index in [9.17, 15) is 9.59 Å². The lowest BCUT2D eigenvalue weighted by Crippen LogP contribution is -2.42. The number of hydrogen-bond donors (Lipinski definition) is 3. The van der Waals surface area contributed by atoms with E-state index in [1.54, 1.807) is 26.0 Å². The fraction of sp³-hybridized carbons (Fsp3) is 0.429. The average Bonchev–Trinajstić information content (AvgIpc) is 2.37. The second kappa shape index (κ2) is 6.22. The van der Waals surface area contributed by atoms with Crippen molar-refractivity contribution in [3.05, 3.63) is 29.8 Å². The summed E-state index contributed by atoms with van der Waals surface area (Å²) < 4.78 is 0. The normalized spacial score (nSPS) is 10.9. The maximum absolute atomic E-state index is 12.1. The second-order valence-electron chi connectivity index (χ2n) is 5.01. The number of carbonyl (C=O) groups excluding carboxylic acids is 2. The van der Waals surface area contributed by atoms with Crippen LogP contribution in [0.2, 0.25) is 0 Å². The SMILES string of the molecule is CCNc1ccccc1C(=O)NCC(C)(C)C(N)=O. The summed E-state index contributed by atoms with van der Waals surface area (Å²) in [4.78, 5) is 23.3. The van der Waals surface area contributed by atoms with Gasteiger partial charge in [-0.15, -0.1) is 0 Å². The molecule has 5 nitrogen and oxygen atoms in total. The monoisotopic (exact) mass is 263 g/mol. The Morgan fingerprint density at radius 1 is 1.26 bits per heavy atom. The molecule has 0 radical (unpaired) electrons. The van der Waals surface area contributed by atoms with Crippen LogP contribution >= 0.6 is 0 Å². The van der Waals surface area contributed by atoms with Gasteiger partial charge in [0, 0.05) is 18.8 Å². The van der Waals surface area contributed by atoms with Crippen LogP contribution in [0, 0.1) is 5.41 Å². The summed E-state index contributed by atoms with van der Waals surface area (Å²) in [7, 11) is 0. The molecule has 0 fully saturated rings.